The second-order valence-corrected chi connectivity index (χ2v) is 4.32. The fraction of sp³-hybridized carbons (Fsp3) is 0.385. The minimum atomic E-state index is -0.939. The third kappa shape index (κ3) is 4.26. The molecule has 0 aliphatic rings. The van der Waals surface area contributed by atoms with Gasteiger partial charge in [0, 0.05) is 11.8 Å². The van der Waals surface area contributed by atoms with Crippen molar-refractivity contribution in [3.63, 3.8) is 0 Å². The molecule has 4 nitrogen and oxygen atoms in total. The molecule has 1 aromatic rings. The zero-order valence-electron chi connectivity index (χ0n) is 10.00. The molecule has 0 bridgehead atoms. The Bertz CT molecular complexity index is 413. The Labute approximate surface area is 101 Å². The van der Waals surface area contributed by atoms with Gasteiger partial charge in [-0.1, -0.05) is 26.0 Å². The molecule has 0 radical (unpaired) electrons. The van der Waals surface area contributed by atoms with E-state index in [9.17, 15) is 9.90 Å². The maximum absolute atomic E-state index is 11.0. The standard InChI is InChI=1S/C13H17NO3/c1-9(2)7-11(13(16)17)14-8-10-5-3-4-6-12(10)15/h3-6,8-9,11,15H,7H2,1-2H3,(H,16,17). The van der Waals surface area contributed by atoms with Crippen molar-refractivity contribution in [2.24, 2.45) is 10.9 Å². The maximum atomic E-state index is 11.0. The van der Waals surface area contributed by atoms with Crippen LogP contribution in [-0.2, 0) is 4.79 Å². The predicted octanol–water partition coefficient (Wildman–Crippen LogP) is 2.31. The highest BCUT2D eigenvalue weighted by atomic mass is 16.4. The van der Waals surface area contributed by atoms with E-state index >= 15 is 0 Å². The average Bonchev–Trinajstić information content (AvgIpc) is 2.25. The fourth-order valence-corrected chi connectivity index (χ4v) is 1.44. The van der Waals surface area contributed by atoms with E-state index in [0.29, 0.717) is 12.0 Å². The third-order valence-corrected chi connectivity index (χ3v) is 2.31. The number of phenolic OH excluding ortho intramolecular Hbond substituents is 1. The largest absolute Gasteiger partial charge is 0.507 e. The van der Waals surface area contributed by atoms with Gasteiger partial charge in [-0.2, -0.15) is 0 Å². The highest BCUT2D eigenvalue weighted by Gasteiger charge is 2.16. The summed E-state index contributed by atoms with van der Waals surface area (Å²) >= 11 is 0. The summed E-state index contributed by atoms with van der Waals surface area (Å²) in [6.45, 7) is 3.90. The van der Waals surface area contributed by atoms with Crippen molar-refractivity contribution in [2.45, 2.75) is 26.3 Å². The Hall–Kier alpha value is -1.84. The minimum Gasteiger partial charge on any atom is -0.507 e. The number of aromatic hydroxyl groups is 1. The Morgan fingerprint density at radius 2 is 2.06 bits per heavy atom. The summed E-state index contributed by atoms with van der Waals surface area (Å²) in [5.74, 6) is -0.576. The zero-order valence-corrected chi connectivity index (χ0v) is 10.00. The summed E-state index contributed by atoms with van der Waals surface area (Å²) in [6, 6.07) is 5.94. The number of rotatable bonds is 5. The van der Waals surface area contributed by atoms with Gasteiger partial charge in [-0.3, -0.25) is 4.99 Å². The van der Waals surface area contributed by atoms with E-state index in [1.165, 1.54) is 6.21 Å². The summed E-state index contributed by atoms with van der Waals surface area (Å²) < 4.78 is 0. The van der Waals surface area contributed by atoms with Gasteiger partial charge < -0.3 is 10.2 Å². The van der Waals surface area contributed by atoms with Crippen molar-refractivity contribution in [1.29, 1.82) is 0 Å². The molecule has 0 amide bonds. The Kier molecular flexibility index (Phi) is 4.69. The molecule has 1 unspecified atom stereocenters. The van der Waals surface area contributed by atoms with Gasteiger partial charge in [-0.15, -0.1) is 0 Å². The summed E-state index contributed by atoms with van der Waals surface area (Å²) in [6.07, 6.45) is 1.90. The van der Waals surface area contributed by atoms with Gasteiger partial charge in [-0.05, 0) is 24.5 Å². The number of benzene rings is 1. The summed E-state index contributed by atoms with van der Waals surface area (Å²) in [5.41, 5.74) is 0.530. The van der Waals surface area contributed by atoms with Crippen molar-refractivity contribution in [2.75, 3.05) is 0 Å². The second kappa shape index (κ2) is 6.03. The maximum Gasteiger partial charge on any atom is 0.328 e. The number of carboxylic acids is 1. The number of hydrogen-bond acceptors (Lipinski definition) is 3. The SMILES string of the molecule is CC(C)CC(N=Cc1ccccc1O)C(=O)O. The van der Waals surface area contributed by atoms with Gasteiger partial charge in [0.05, 0.1) is 0 Å². The fourth-order valence-electron chi connectivity index (χ4n) is 1.44. The lowest BCUT2D eigenvalue weighted by molar-refractivity contribution is -0.138. The number of nitrogens with zero attached hydrogens (tertiary/aromatic N) is 1. The Balaban J connectivity index is 2.80. The summed E-state index contributed by atoms with van der Waals surface area (Å²) in [7, 11) is 0. The van der Waals surface area contributed by atoms with Crippen molar-refractivity contribution in [1.82, 2.24) is 0 Å². The smallest absolute Gasteiger partial charge is 0.328 e. The van der Waals surface area contributed by atoms with Crippen LogP contribution in [-0.4, -0.2) is 28.4 Å². The van der Waals surface area contributed by atoms with Crippen LogP contribution in [0.25, 0.3) is 0 Å². The average molecular weight is 235 g/mol. The van der Waals surface area contributed by atoms with Crippen LogP contribution in [0.2, 0.25) is 0 Å². The lowest BCUT2D eigenvalue weighted by atomic mass is 10.0. The van der Waals surface area contributed by atoms with Gasteiger partial charge in [-0.25, -0.2) is 4.79 Å². The van der Waals surface area contributed by atoms with Crippen LogP contribution in [0.3, 0.4) is 0 Å². The van der Waals surface area contributed by atoms with E-state index in [0.717, 1.165) is 0 Å². The van der Waals surface area contributed by atoms with E-state index in [1.807, 2.05) is 13.8 Å². The van der Waals surface area contributed by atoms with Crippen molar-refractivity contribution >= 4 is 12.2 Å². The van der Waals surface area contributed by atoms with Gasteiger partial charge in [0.1, 0.15) is 11.8 Å². The molecular formula is C13H17NO3. The number of para-hydroxylation sites is 1. The van der Waals surface area contributed by atoms with Gasteiger partial charge >= 0.3 is 5.97 Å². The van der Waals surface area contributed by atoms with Crippen LogP contribution >= 0.6 is 0 Å². The first-order valence-electron chi connectivity index (χ1n) is 5.54. The molecule has 0 saturated heterocycles. The Morgan fingerprint density at radius 1 is 1.41 bits per heavy atom. The summed E-state index contributed by atoms with van der Waals surface area (Å²) in [5, 5.41) is 18.5. The van der Waals surface area contributed by atoms with Gasteiger partial charge in [0.2, 0.25) is 0 Å². The van der Waals surface area contributed by atoms with Crippen molar-refractivity contribution < 1.29 is 15.0 Å². The molecule has 2 N–H and O–H groups in total. The van der Waals surface area contributed by atoms with Crippen LogP contribution in [0.4, 0.5) is 0 Å². The zero-order chi connectivity index (χ0) is 12.8. The predicted molar refractivity (Wildman–Crippen MR) is 66.6 cm³/mol. The quantitative estimate of drug-likeness (QED) is 0.769. The molecule has 0 aliphatic heterocycles. The van der Waals surface area contributed by atoms with Crippen LogP contribution in [0, 0.1) is 5.92 Å². The number of hydrogen-bond donors (Lipinski definition) is 2. The van der Waals surface area contributed by atoms with Crippen molar-refractivity contribution in [3.8, 4) is 5.75 Å². The molecule has 0 fully saturated rings. The normalized spacial score (nSPS) is 13.1. The van der Waals surface area contributed by atoms with Crippen molar-refractivity contribution in [3.05, 3.63) is 29.8 Å². The number of aliphatic imine (C=N–C) groups is 1. The minimum absolute atomic E-state index is 0.102. The number of carboxylic acid groups (broad SMARTS) is 1. The first-order valence-corrected chi connectivity index (χ1v) is 5.54. The Morgan fingerprint density at radius 3 is 2.59 bits per heavy atom. The molecule has 1 rings (SSSR count). The van der Waals surface area contributed by atoms with Crippen LogP contribution in [0.5, 0.6) is 5.75 Å². The molecule has 92 valence electrons. The molecule has 0 heterocycles. The first-order chi connectivity index (χ1) is 8.00. The molecular weight excluding hydrogens is 218 g/mol. The van der Waals surface area contributed by atoms with Crippen LogP contribution in [0.15, 0.2) is 29.3 Å². The van der Waals surface area contributed by atoms with E-state index in [-0.39, 0.29) is 11.7 Å². The van der Waals surface area contributed by atoms with Crippen LogP contribution < -0.4 is 0 Å². The van der Waals surface area contributed by atoms with E-state index in [2.05, 4.69) is 4.99 Å². The monoisotopic (exact) mass is 235 g/mol. The summed E-state index contributed by atoms with van der Waals surface area (Å²) in [4.78, 5) is 15.0. The van der Waals surface area contributed by atoms with Gasteiger partial charge in [0.15, 0.2) is 0 Å². The van der Waals surface area contributed by atoms with E-state index in [4.69, 9.17) is 5.11 Å². The highest BCUT2D eigenvalue weighted by Crippen LogP contribution is 2.14. The topological polar surface area (TPSA) is 69.9 Å². The van der Waals surface area contributed by atoms with Crippen LogP contribution in [0.1, 0.15) is 25.8 Å². The lowest BCUT2D eigenvalue weighted by Crippen LogP contribution is -2.20. The molecule has 1 aromatic carbocycles. The lowest BCUT2D eigenvalue weighted by Gasteiger charge is -2.09. The second-order valence-electron chi connectivity index (χ2n) is 4.32. The molecule has 0 aromatic heterocycles. The number of phenols is 1. The number of aliphatic carboxylic acids is 1. The first kappa shape index (κ1) is 13.2. The van der Waals surface area contributed by atoms with E-state index < -0.39 is 12.0 Å². The molecule has 17 heavy (non-hydrogen) atoms. The third-order valence-electron chi connectivity index (χ3n) is 2.31. The molecule has 4 heteroatoms. The number of carbonyl (C=O) groups is 1. The molecule has 0 saturated carbocycles. The highest BCUT2D eigenvalue weighted by molar-refractivity contribution is 5.85. The molecule has 1 atom stereocenters. The van der Waals surface area contributed by atoms with Gasteiger partial charge in [0.25, 0.3) is 0 Å². The molecule has 0 spiro atoms. The molecule has 0 aliphatic carbocycles. The van der Waals surface area contributed by atoms with E-state index in [1.54, 1.807) is 24.3 Å².